The molecular formula is C16H19N. The molecule has 3 rings (SSSR count). The molecule has 1 nitrogen and oxygen atoms in total. The molecule has 0 radical (unpaired) electrons. The highest BCUT2D eigenvalue weighted by Gasteiger charge is 2.37. The number of fused-ring (bicyclic) bond motifs is 3. The van der Waals surface area contributed by atoms with Crippen molar-refractivity contribution in [2.75, 3.05) is 7.05 Å². The van der Waals surface area contributed by atoms with Gasteiger partial charge in [0.15, 0.2) is 0 Å². The highest BCUT2D eigenvalue weighted by atomic mass is 14.9. The van der Waals surface area contributed by atoms with E-state index < -0.39 is 0 Å². The minimum Gasteiger partial charge on any atom is -0.313 e. The Morgan fingerprint density at radius 1 is 1.12 bits per heavy atom. The van der Waals surface area contributed by atoms with Crippen LogP contribution in [0.4, 0.5) is 0 Å². The van der Waals surface area contributed by atoms with Crippen LogP contribution in [0, 0.1) is 0 Å². The molecule has 0 amide bonds. The van der Waals surface area contributed by atoms with Gasteiger partial charge in [-0.3, -0.25) is 0 Å². The van der Waals surface area contributed by atoms with Gasteiger partial charge in [-0.1, -0.05) is 50.2 Å². The van der Waals surface area contributed by atoms with Gasteiger partial charge in [0.2, 0.25) is 0 Å². The quantitative estimate of drug-likeness (QED) is 0.778. The van der Waals surface area contributed by atoms with Gasteiger partial charge in [-0.15, -0.1) is 0 Å². The first-order valence-electron chi connectivity index (χ1n) is 6.33. The molecule has 0 aromatic heterocycles. The van der Waals surface area contributed by atoms with Crippen LogP contribution in [0.15, 0.2) is 36.4 Å². The summed E-state index contributed by atoms with van der Waals surface area (Å²) in [5, 5.41) is 6.22. The second-order valence-corrected chi connectivity index (χ2v) is 5.68. The summed E-state index contributed by atoms with van der Waals surface area (Å²) in [5.74, 6) is 0. The fourth-order valence-corrected chi connectivity index (χ4v) is 3.31. The lowest BCUT2D eigenvalue weighted by molar-refractivity contribution is 0.448. The Hall–Kier alpha value is -1.34. The van der Waals surface area contributed by atoms with Gasteiger partial charge in [-0.2, -0.15) is 0 Å². The van der Waals surface area contributed by atoms with Crippen LogP contribution >= 0.6 is 0 Å². The summed E-state index contributed by atoms with van der Waals surface area (Å²) in [6.45, 7) is 4.71. The molecule has 2 aromatic carbocycles. The minimum atomic E-state index is 0.268. The van der Waals surface area contributed by atoms with E-state index in [4.69, 9.17) is 0 Å². The molecule has 1 heteroatoms. The topological polar surface area (TPSA) is 12.0 Å². The molecule has 0 bridgehead atoms. The van der Waals surface area contributed by atoms with E-state index in [1.807, 2.05) is 0 Å². The van der Waals surface area contributed by atoms with Crippen LogP contribution in [0.3, 0.4) is 0 Å². The molecule has 0 spiro atoms. The van der Waals surface area contributed by atoms with Crippen molar-refractivity contribution in [3.8, 4) is 0 Å². The SMILES string of the molecule is CNC1CC(C)(C)c2c1ccc1ccccc21. The van der Waals surface area contributed by atoms with Crippen molar-refractivity contribution in [3.63, 3.8) is 0 Å². The summed E-state index contributed by atoms with van der Waals surface area (Å²) in [6, 6.07) is 13.8. The lowest BCUT2D eigenvalue weighted by Gasteiger charge is -2.21. The lowest BCUT2D eigenvalue weighted by Crippen LogP contribution is -2.17. The van der Waals surface area contributed by atoms with Gasteiger partial charge in [0, 0.05) is 6.04 Å². The molecule has 0 aliphatic heterocycles. The van der Waals surface area contributed by atoms with E-state index in [9.17, 15) is 0 Å². The summed E-state index contributed by atoms with van der Waals surface area (Å²) in [5.41, 5.74) is 3.29. The third-order valence-electron chi connectivity index (χ3n) is 4.08. The standard InChI is InChI=1S/C16H19N/c1-16(2)10-14(17-3)13-9-8-11-6-4-5-7-12(11)15(13)16/h4-9,14,17H,10H2,1-3H3. The summed E-state index contributed by atoms with van der Waals surface area (Å²) in [7, 11) is 2.06. The number of hydrogen-bond acceptors (Lipinski definition) is 1. The van der Waals surface area contributed by atoms with E-state index in [0.717, 1.165) is 0 Å². The molecular weight excluding hydrogens is 206 g/mol. The molecule has 17 heavy (non-hydrogen) atoms. The van der Waals surface area contributed by atoms with Crippen molar-refractivity contribution in [2.45, 2.75) is 31.7 Å². The monoisotopic (exact) mass is 225 g/mol. The maximum absolute atomic E-state index is 3.44. The molecule has 88 valence electrons. The Labute approximate surface area is 103 Å². The molecule has 1 aliphatic rings. The van der Waals surface area contributed by atoms with Gasteiger partial charge in [-0.25, -0.2) is 0 Å². The third kappa shape index (κ3) is 1.49. The predicted molar refractivity (Wildman–Crippen MR) is 73.4 cm³/mol. The van der Waals surface area contributed by atoms with Gasteiger partial charge >= 0.3 is 0 Å². The van der Waals surface area contributed by atoms with Crippen LogP contribution in [0.1, 0.15) is 37.4 Å². The molecule has 0 saturated carbocycles. The smallest absolute Gasteiger partial charge is 0.0329 e. The summed E-state index contributed by atoms with van der Waals surface area (Å²) < 4.78 is 0. The first kappa shape index (κ1) is 10.8. The highest BCUT2D eigenvalue weighted by Crippen LogP contribution is 2.47. The zero-order valence-corrected chi connectivity index (χ0v) is 10.7. The van der Waals surface area contributed by atoms with Crippen LogP contribution in [-0.2, 0) is 5.41 Å². The van der Waals surface area contributed by atoms with Gasteiger partial charge in [0.25, 0.3) is 0 Å². The second kappa shape index (κ2) is 3.58. The average molecular weight is 225 g/mol. The Kier molecular flexibility index (Phi) is 2.27. The van der Waals surface area contributed by atoms with Crippen LogP contribution in [0.25, 0.3) is 10.8 Å². The molecule has 2 aromatic rings. The maximum Gasteiger partial charge on any atom is 0.0329 e. The third-order valence-corrected chi connectivity index (χ3v) is 4.08. The van der Waals surface area contributed by atoms with Crippen molar-refractivity contribution in [1.82, 2.24) is 5.32 Å². The number of nitrogens with one attached hydrogen (secondary N) is 1. The van der Waals surface area contributed by atoms with E-state index in [0.29, 0.717) is 6.04 Å². The fourth-order valence-electron chi connectivity index (χ4n) is 3.31. The molecule has 0 fully saturated rings. The van der Waals surface area contributed by atoms with Crippen LogP contribution < -0.4 is 5.32 Å². The molecule has 1 aliphatic carbocycles. The van der Waals surface area contributed by atoms with Gasteiger partial charge in [0.1, 0.15) is 0 Å². The first-order chi connectivity index (χ1) is 8.13. The minimum absolute atomic E-state index is 0.268. The maximum atomic E-state index is 3.44. The van der Waals surface area contributed by atoms with E-state index >= 15 is 0 Å². The van der Waals surface area contributed by atoms with E-state index in [2.05, 4.69) is 62.6 Å². The first-order valence-corrected chi connectivity index (χ1v) is 6.33. The zero-order chi connectivity index (χ0) is 12.0. The summed E-state index contributed by atoms with van der Waals surface area (Å²) in [6.07, 6.45) is 1.19. The van der Waals surface area contributed by atoms with Crippen LogP contribution in [0.5, 0.6) is 0 Å². The zero-order valence-electron chi connectivity index (χ0n) is 10.7. The number of rotatable bonds is 1. The number of hydrogen-bond donors (Lipinski definition) is 1. The molecule has 1 N–H and O–H groups in total. The Balaban J connectivity index is 2.36. The number of benzene rings is 2. The highest BCUT2D eigenvalue weighted by molar-refractivity contribution is 5.88. The van der Waals surface area contributed by atoms with E-state index in [1.165, 1.54) is 28.3 Å². The van der Waals surface area contributed by atoms with Gasteiger partial charge in [0.05, 0.1) is 0 Å². The van der Waals surface area contributed by atoms with Crippen molar-refractivity contribution in [2.24, 2.45) is 0 Å². The van der Waals surface area contributed by atoms with Crippen LogP contribution in [-0.4, -0.2) is 7.05 Å². The summed E-state index contributed by atoms with van der Waals surface area (Å²) >= 11 is 0. The van der Waals surface area contributed by atoms with Crippen molar-refractivity contribution >= 4 is 10.8 Å². The molecule has 0 heterocycles. The Morgan fingerprint density at radius 2 is 1.88 bits per heavy atom. The van der Waals surface area contributed by atoms with E-state index in [1.54, 1.807) is 0 Å². The summed E-state index contributed by atoms with van der Waals surface area (Å²) in [4.78, 5) is 0. The molecule has 0 saturated heterocycles. The molecule has 1 atom stereocenters. The normalized spacial score (nSPS) is 21.7. The Morgan fingerprint density at radius 3 is 2.65 bits per heavy atom. The van der Waals surface area contributed by atoms with Gasteiger partial charge in [-0.05, 0) is 40.8 Å². The van der Waals surface area contributed by atoms with Crippen molar-refractivity contribution in [1.29, 1.82) is 0 Å². The Bertz CT molecular complexity index is 569. The van der Waals surface area contributed by atoms with Crippen molar-refractivity contribution < 1.29 is 0 Å². The molecule has 1 unspecified atom stereocenters. The van der Waals surface area contributed by atoms with Crippen LogP contribution in [0.2, 0.25) is 0 Å². The second-order valence-electron chi connectivity index (χ2n) is 5.68. The lowest BCUT2D eigenvalue weighted by atomic mass is 9.83. The average Bonchev–Trinajstić information content (AvgIpc) is 2.61. The largest absolute Gasteiger partial charge is 0.313 e. The van der Waals surface area contributed by atoms with E-state index in [-0.39, 0.29) is 5.41 Å². The fraction of sp³-hybridized carbons (Fsp3) is 0.375. The van der Waals surface area contributed by atoms with Gasteiger partial charge < -0.3 is 5.32 Å². The van der Waals surface area contributed by atoms with Crippen molar-refractivity contribution in [3.05, 3.63) is 47.5 Å². The predicted octanol–water partition coefficient (Wildman–Crippen LogP) is 3.78.